The molecule has 0 radical (unpaired) electrons. The first-order chi connectivity index (χ1) is 15.1. The number of nitrogens with zero attached hydrogens (tertiary/aromatic N) is 2. The average Bonchev–Trinajstić information content (AvgIpc) is 3.13. The Morgan fingerprint density at radius 1 is 1.09 bits per heavy atom. The molecule has 0 aliphatic carbocycles. The number of anilines is 1. The van der Waals surface area contributed by atoms with E-state index >= 15 is 0 Å². The van der Waals surface area contributed by atoms with Crippen molar-refractivity contribution in [2.45, 2.75) is 64.6 Å². The molecule has 32 heavy (non-hydrogen) atoms. The van der Waals surface area contributed by atoms with Crippen LogP contribution in [0, 0.1) is 26.6 Å². The van der Waals surface area contributed by atoms with Gasteiger partial charge in [0.05, 0.1) is 17.4 Å². The van der Waals surface area contributed by atoms with Crippen LogP contribution in [0.4, 0.5) is 10.1 Å². The maximum absolute atomic E-state index is 13.5. The van der Waals surface area contributed by atoms with E-state index in [1.54, 1.807) is 37.3 Å². The highest BCUT2D eigenvalue weighted by Crippen LogP contribution is 2.36. The van der Waals surface area contributed by atoms with Crippen LogP contribution in [0.3, 0.4) is 0 Å². The van der Waals surface area contributed by atoms with Crippen molar-refractivity contribution in [1.29, 1.82) is 0 Å². The minimum atomic E-state index is -0.641. The van der Waals surface area contributed by atoms with Crippen molar-refractivity contribution in [1.82, 2.24) is 9.47 Å². The number of aryl methyl sites for hydroxylation is 1. The Kier molecular flexibility index (Phi) is 5.67. The Morgan fingerprint density at radius 3 is 2.31 bits per heavy atom. The topological polar surface area (TPSA) is 91.6 Å². The Labute approximate surface area is 186 Å². The van der Waals surface area contributed by atoms with Gasteiger partial charge in [0, 0.05) is 30.5 Å². The van der Waals surface area contributed by atoms with Crippen molar-refractivity contribution in [3.8, 4) is 0 Å². The molecule has 3 heterocycles. The zero-order valence-corrected chi connectivity index (χ0v) is 18.7. The maximum atomic E-state index is 13.5. The summed E-state index contributed by atoms with van der Waals surface area (Å²) in [5.74, 6) is -2.00. The van der Waals surface area contributed by atoms with Gasteiger partial charge in [0.25, 0.3) is 17.6 Å². The lowest BCUT2D eigenvalue weighted by Gasteiger charge is -2.36. The lowest BCUT2D eigenvalue weighted by atomic mass is 9.98. The summed E-state index contributed by atoms with van der Waals surface area (Å²) in [5.41, 5.74) is 2.37. The fraction of sp³-hybridized carbons (Fsp3) is 0.458. The highest BCUT2D eigenvalue weighted by Gasteiger charge is 2.45. The monoisotopic (exact) mass is 441 g/mol. The van der Waals surface area contributed by atoms with Gasteiger partial charge in [0.15, 0.2) is 0 Å². The van der Waals surface area contributed by atoms with Crippen molar-refractivity contribution in [2.24, 2.45) is 7.05 Å². The molecule has 2 aromatic rings. The van der Waals surface area contributed by atoms with Gasteiger partial charge in [-0.2, -0.15) is 0 Å². The van der Waals surface area contributed by atoms with E-state index in [1.807, 2.05) is 0 Å². The second-order valence-corrected chi connectivity index (χ2v) is 8.96. The third-order valence-electron chi connectivity index (χ3n) is 6.93. The molecular formula is C24H28FN3O4. The molecule has 8 heteroatoms. The lowest BCUT2D eigenvalue weighted by molar-refractivity contribution is -0.132. The molecule has 4 rings (SSSR count). The van der Waals surface area contributed by atoms with Crippen LogP contribution in [0.2, 0.25) is 0 Å². The number of hydrogen-bond acceptors (Lipinski definition) is 4. The van der Waals surface area contributed by atoms with Crippen LogP contribution in [0.15, 0.2) is 18.2 Å². The summed E-state index contributed by atoms with van der Waals surface area (Å²) in [5, 5.41) is 12.8. The van der Waals surface area contributed by atoms with Crippen LogP contribution in [0.25, 0.3) is 0 Å². The van der Waals surface area contributed by atoms with Crippen molar-refractivity contribution < 1.29 is 23.9 Å². The first-order valence-corrected chi connectivity index (χ1v) is 10.9. The average molecular weight is 442 g/mol. The molecule has 2 fully saturated rings. The fourth-order valence-corrected chi connectivity index (χ4v) is 5.25. The number of carbonyl (C=O) groups is 3. The number of amides is 2. The number of piperidine rings is 1. The van der Waals surface area contributed by atoms with E-state index in [9.17, 15) is 23.9 Å². The quantitative estimate of drug-likeness (QED) is 0.564. The van der Waals surface area contributed by atoms with Gasteiger partial charge in [-0.1, -0.05) is 0 Å². The highest BCUT2D eigenvalue weighted by molar-refractivity contribution is 6.43. The molecule has 2 saturated heterocycles. The largest absolute Gasteiger partial charge is 0.393 e. The number of rotatable bonds is 4. The number of ketones is 1. The maximum Gasteiger partial charge on any atom is 0.297 e. The summed E-state index contributed by atoms with van der Waals surface area (Å²) in [7, 11) is 1.66. The third-order valence-corrected chi connectivity index (χ3v) is 6.93. The SMILES string of the molecule is Cc1cc(NC(=O)c2c(C)c(C(=O)C(=O)N3[C@@H]4CC[C@H]3C[C@H](O)C4)n(C)c2C)ccc1F. The van der Waals surface area contributed by atoms with Gasteiger partial charge in [0.2, 0.25) is 0 Å². The molecule has 2 aliphatic heterocycles. The van der Waals surface area contributed by atoms with Crippen molar-refractivity contribution in [3.63, 3.8) is 0 Å². The summed E-state index contributed by atoms with van der Waals surface area (Å²) >= 11 is 0. The first-order valence-electron chi connectivity index (χ1n) is 10.9. The number of carbonyl (C=O) groups excluding carboxylic acids is 3. The molecule has 3 atom stereocenters. The summed E-state index contributed by atoms with van der Waals surface area (Å²) < 4.78 is 15.1. The normalized spacial score (nSPS) is 22.2. The fourth-order valence-electron chi connectivity index (χ4n) is 5.25. The molecule has 0 unspecified atom stereocenters. The number of hydrogen-bond donors (Lipinski definition) is 2. The molecule has 1 aromatic carbocycles. The second kappa shape index (κ2) is 8.16. The van der Waals surface area contributed by atoms with Gasteiger partial charge in [-0.05, 0) is 75.8 Å². The van der Waals surface area contributed by atoms with Crippen LogP contribution < -0.4 is 5.32 Å². The number of halogens is 1. The smallest absolute Gasteiger partial charge is 0.297 e. The zero-order valence-electron chi connectivity index (χ0n) is 18.7. The Balaban J connectivity index is 1.61. The van der Waals surface area contributed by atoms with Crippen LogP contribution >= 0.6 is 0 Å². The van der Waals surface area contributed by atoms with Gasteiger partial charge in [-0.25, -0.2) is 4.39 Å². The summed E-state index contributed by atoms with van der Waals surface area (Å²) in [6, 6.07) is 4.06. The highest BCUT2D eigenvalue weighted by atomic mass is 19.1. The Hall–Kier alpha value is -3.00. The van der Waals surface area contributed by atoms with Gasteiger partial charge < -0.3 is 19.9 Å². The van der Waals surface area contributed by atoms with Crippen LogP contribution in [-0.4, -0.2) is 50.4 Å². The van der Waals surface area contributed by atoms with Crippen molar-refractivity contribution >= 4 is 23.3 Å². The minimum Gasteiger partial charge on any atom is -0.393 e. The number of nitrogens with one attached hydrogen (secondary N) is 1. The Morgan fingerprint density at radius 2 is 1.72 bits per heavy atom. The van der Waals surface area contributed by atoms with E-state index in [4.69, 9.17) is 0 Å². The molecule has 2 amide bonds. The first kappa shape index (κ1) is 22.2. The third kappa shape index (κ3) is 3.62. The van der Waals surface area contributed by atoms with E-state index in [0.717, 1.165) is 12.8 Å². The van der Waals surface area contributed by atoms with Gasteiger partial charge in [-0.3, -0.25) is 14.4 Å². The second-order valence-electron chi connectivity index (χ2n) is 8.96. The van der Waals surface area contributed by atoms with E-state index in [0.29, 0.717) is 40.9 Å². The van der Waals surface area contributed by atoms with E-state index in [-0.39, 0.29) is 23.6 Å². The number of aromatic nitrogens is 1. The molecular weight excluding hydrogens is 413 g/mol. The molecule has 1 aromatic heterocycles. The molecule has 0 spiro atoms. The summed E-state index contributed by atoms with van der Waals surface area (Å²) in [6.45, 7) is 4.99. The standard InChI is InChI=1S/C24H28FN3O4/c1-12-9-15(5-8-19(12)25)26-23(31)20-13(2)21(27(4)14(20)3)22(30)24(32)28-16-6-7-17(28)11-18(29)10-16/h5,8-9,16-18,29H,6-7,10-11H2,1-4H3,(H,26,31)/t16-,17+,18-. The minimum absolute atomic E-state index is 0.119. The molecule has 7 nitrogen and oxygen atoms in total. The number of aliphatic hydroxyl groups is 1. The van der Waals surface area contributed by atoms with Crippen LogP contribution in [0.1, 0.15) is 63.4 Å². The number of aliphatic hydroxyl groups excluding tert-OH is 1. The van der Waals surface area contributed by atoms with Gasteiger partial charge in [-0.15, -0.1) is 0 Å². The van der Waals surface area contributed by atoms with Crippen molar-refractivity contribution in [3.05, 3.63) is 52.1 Å². The van der Waals surface area contributed by atoms with Gasteiger partial charge in [0.1, 0.15) is 5.82 Å². The van der Waals surface area contributed by atoms with Crippen LogP contribution in [0.5, 0.6) is 0 Å². The molecule has 2 N–H and O–H groups in total. The summed E-state index contributed by atoms with van der Waals surface area (Å²) in [6.07, 6.45) is 2.13. The van der Waals surface area contributed by atoms with E-state index < -0.39 is 23.7 Å². The number of Topliss-reactive ketones (excluding diaryl/α,β-unsaturated/α-hetero) is 1. The number of fused-ring (bicyclic) bond motifs is 2. The van der Waals surface area contributed by atoms with E-state index in [2.05, 4.69) is 5.32 Å². The van der Waals surface area contributed by atoms with E-state index in [1.165, 1.54) is 18.2 Å². The lowest BCUT2D eigenvalue weighted by Crippen LogP contribution is -2.50. The number of benzene rings is 1. The Bertz CT molecular complexity index is 1110. The zero-order chi connectivity index (χ0) is 23.3. The predicted octanol–water partition coefficient (Wildman–Crippen LogP) is 3.04. The van der Waals surface area contributed by atoms with Crippen molar-refractivity contribution in [2.75, 3.05) is 5.32 Å². The van der Waals surface area contributed by atoms with Gasteiger partial charge >= 0.3 is 0 Å². The summed E-state index contributed by atoms with van der Waals surface area (Å²) in [4.78, 5) is 41.1. The molecule has 2 aliphatic rings. The molecule has 170 valence electrons. The predicted molar refractivity (Wildman–Crippen MR) is 117 cm³/mol. The van der Waals surface area contributed by atoms with Crippen LogP contribution in [-0.2, 0) is 11.8 Å². The molecule has 2 bridgehead atoms. The molecule has 0 saturated carbocycles.